The van der Waals surface area contributed by atoms with Crippen molar-refractivity contribution in [1.82, 2.24) is 4.90 Å². The molecule has 0 unspecified atom stereocenters. The zero-order valence-corrected chi connectivity index (χ0v) is 14.6. The standard InChI is InChI=1S/C19H19ClFNO3/c1-2-25-18(23)11-12-22(13-14-3-7-16(20)8-4-14)19(24)15-5-9-17(21)10-6-15/h3-10H,2,11-13H2,1H3. The lowest BCUT2D eigenvalue weighted by Crippen LogP contribution is -2.33. The zero-order valence-electron chi connectivity index (χ0n) is 13.9. The van der Waals surface area contributed by atoms with Gasteiger partial charge in [-0.15, -0.1) is 0 Å². The zero-order chi connectivity index (χ0) is 18.2. The summed E-state index contributed by atoms with van der Waals surface area (Å²) < 4.78 is 18.0. The van der Waals surface area contributed by atoms with Crippen molar-refractivity contribution in [1.29, 1.82) is 0 Å². The van der Waals surface area contributed by atoms with E-state index in [1.165, 1.54) is 29.2 Å². The highest BCUT2D eigenvalue weighted by Crippen LogP contribution is 2.15. The Morgan fingerprint density at radius 3 is 2.32 bits per heavy atom. The average molecular weight is 364 g/mol. The number of hydrogen-bond acceptors (Lipinski definition) is 3. The molecule has 0 heterocycles. The topological polar surface area (TPSA) is 46.6 Å². The minimum atomic E-state index is -0.410. The van der Waals surface area contributed by atoms with Gasteiger partial charge in [-0.2, -0.15) is 0 Å². The first kappa shape index (κ1) is 18.9. The first-order valence-electron chi connectivity index (χ1n) is 7.94. The average Bonchev–Trinajstić information content (AvgIpc) is 2.60. The highest BCUT2D eigenvalue weighted by atomic mass is 35.5. The summed E-state index contributed by atoms with van der Waals surface area (Å²) in [6.07, 6.45) is 0.0916. The maximum Gasteiger partial charge on any atom is 0.307 e. The van der Waals surface area contributed by atoms with Crippen LogP contribution in [0.5, 0.6) is 0 Å². The highest BCUT2D eigenvalue weighted by molar-refractivity contribution is 6.30. The van der Waals surface area contributed by atoms with Gasteiger partial charge in [-0.05, 0) is 48.9 Å². The fourth-order valence-corrected chi connectivity index (χ4v) is 2.42. The summed E-state index contributed by atoms with van der Waals surface area (Å²) in [6, 6.07) is 12.4. The van der Waals surface area contributed by atoms with Gasteiger partial charge in [0.2, 0.25) is 0 Å². The fraction of sp³-hybridized carbons (Fsp3) is 0.263. The maximum absolute atomic E-state index is 13.1. The van der Waals surface area contributed by atoms with Gasteiger partial charge < -0.3 is 9.64 Å². The molecule has 2 aromatic carbocycles. The molecular formula is C19H19ClFNO3. The Morgan fingerprint density at radius 1 is 1.08 bits per heavy atom. The van der Waals surface area contributed by atoms with Crippen molar-refractivity contribution in [2.24, 2.45) is 0 Å². The Morgan fingerprint density at radius 2 is 1.72 bits per heavy atom. The smallest absolute Gasteiger partial charge is 0.307 e. The van der Waals surface area contributed by atoms with Crippen molar-refractivity contribution >= 4 is 23.5 Å². The molecule has 6 heteroatoms. The van der Waals surface area contributed by atoms with E-state index in [-0.39, 0.29) is 24.8 Å². The van der Waals surface area contributed by atoms with Crippen LogP contribution in [0.15, 0.2) is 48.5 Å². The van der Waals surface area contributed by atoms with Gasteiger partial charge in [0.25, 0.3) is 5.91 Å². The summed E-state index contributed by atoms with van der Waals surface area (Å²) >= 11 is 5.88. The maximum atomic E-state index is 13.1. The van der Waals surface area contributed by atoms with Crippen LogP contribution in [-0.4, -0.2) is 29.9 Å². The van der Waals surface area contributed by atoms with Crippen LogP contribution in [0.25, 0.3) is 0 Å². The van der Waals surface area contributed by atoms with E-state index < -0.39 is 5.82 Å². The van der Waals surface area contributed by atoms with Crippen LogP contribution >= 0.6 is 11.6 Å². The number of amides is 1. The van der Waals surface area contributed by atoms with Crippen molar-refractivity contribution < 1.29 is 18.7 Å². The van der Waals surface area contributed by atoms with Crippen molar-refractivity contribution in [2.75, 3.05) is 13.2 Å². The molecule has 2 aromatic rings. The minimum absolute atomic E-state index is 0.0916. The monoisotopic (exact) mass is 363 g/mol. The number of benzene rings is 2. The SMILES string of the molecule is CCOC(=O)CCN(Cc1ccc(Cl)cc1)C(=O)c1ccc(F)cc1. The van der Waals surface area contributed by atoms with E-state index in [1.54, 1.807) is 19.1 Å². The van der Waals surface area contributed by atoms with E-state index >= 15 is 0 Å². The second-order valence-electron chi connectivity index (χ2n) is 5.42. The number of halogens is 2. The second-order valence-corrected chi connectivity index (χ2v) is 5.85. The third-order valence-electron chi connectivity index (χ3n) is 3.56. The summed E-state index contributed by atoms with van der Waals surface area (Å²) in [6.45, 7) is 2.54. The molecule has 25 heavy (non-hydrogen) atoms. The molecule has 0 spiro atoms. The van der Waals surface area contributed by atoms with Crippen molar-refractivity contribution in [3.05, 3.63) is 70.5 Å². The first-order chi connectivity index (χ1) is 12.0. The number of ether oxygens (including phenoxy) is 1. The number of hydrogen-bond donors (Lipinski definition) is 0. The molecule has 0 saturated carbocycles. The Kier molecular flexibility index (Phi) is 6.95. The molecule has 0 aliphatic heterocycles. The number of esters is 1. The molecule has 0 aliphatic rings. The molecule has 0 radical (unpaired) electrons. The molecule has 2 rings (SSSR count). The van der Waals surface area contributed by atoms with Crippen LogP contribution in [0.1, 0.15) is 29.3 Å². The minimum Gasteiger partial charge on any atom is -0.466 e. The van der Waals surface area contributed by atoms with Crippen molar-refractivity contribution in [3.8, 4) is 0 Å². The largest absolute Gasteiger partial charge is 0.466 e. The van der Waals surface area contributed by atoms with Gasteiger partial charge >= 0.3 is 5.97 Å². The van der Waals surface area contributed by atoms with Gasteiger partial charge in [0, 0.05) is 23.7 Å². The van der Waals surface area contributed by atoms with E-state index in [9.17, 15) is 14.0 Å². The van der Waals surface area contributed by atoms with Crippen LogP contribution in [-0.2, 0) is 16.1 Å². The fourth-order valence-electron chi connectivity index (χ4n) is 2.30. The van der Waals surface area contributed by atoms with Gasteiger partial charge in [-0.1, -0.05) is 23.7 Å². The Balaban J connectivity index is 2.14. The molecule has 0 aliphatic carbocycles. The van der Waals surface area contributed by atoms with E-state index in [2.05, 4.69) is 0 Å². The van der Waals surface area contributed by atoms with E-state index in [1.807, 2.05) is 12.1 Å². The molecule has 0 bridgehead atoms. The number of nitrogens with zero attached hydrogens (tertiary/aromatic N) is 1. The van der Waals surface area contributed by atoms with Gasteiger partial charge in [0.15, 0.2) is 0 Å². The second kappa shape index (κ2) is 9.18. The van der Waals surface area contributed by atoms with Crippen molar-refractivity contribution in [3.63, 3.8) is 0 Å². The van der Waals surface area contributed by atoms with E-state index in [0.29, 0.717) is 23.7 Å². The van der Waals surface area contributed by atoms with Crippen LogP contribution in [0.3, 0.4) is 0 Å². The van der Waals surface area contributed by atoms with Gasteiger partial charge in [-0.3, -0.25) is 9.59 Å². The van der Waals surface area contributed by atoms with Crippen LogP contribution in [0.4, 0.5) is 4.39 Å². The molecule has 0 N–H and O–H groups in total. The lowest BCUT2D eigenvalue weighted by Gasteiger charge is -2.23. The number of carbonyl (C=O) groups excluding carboxylic acids is 2. The Hall–Kier alpha value is -2.40. The quantitative estimate of drug-likeness (QED) is 0.696. The molecule has 0 saturated heterocycles. The lowest BCUT2D eigenvalue weighted by molar-refractivity contribution is -0.143. The van der Waals surface area contributed by atoms with Crippen LogP contribution < -0.4 is 0 Å². The van der Waals surface area contributed by atoms with Gasteiger partial charge in [0.1, 0.15) is 5.82 Å². The lowest BCUT2D eigenvalue weighted by atomic mass is 10.1. The summed E-state index contributed by atoms with van der Waals surface area (Å²) in [4.78, 5) is 25.9. The normalized spacial score (nSPS) is 10.4. The molecule has 0 aromatic heterocycles. The summed E-state index contributed by atoms with van der Waals surface area (Å²) in [7, 11) is 0. The van der Waals surface area contributed by atoms with Crippen LogP contribution in [0, 0.1) is 5.82 Å². The summed E-state index contributed by atoms with van der Waals surface area (Å²) in [5.41, 5.74) is 1.24. The number of rotatable bonds is 7. The first-order valence-corrected chi connectivity index (χ1v) is 8.32. The molecule has 132 valence electrons. The third kappa shape index (κ3) is 5.87. The number of carbonyl (C=O) groups is 2. The molecule has 0 atom stereocenters. The summed E-state index contributed by atoms with van der Waals surface area (Å²) in [5.74, 6) is -1.05. The predicted molar refractivity (Wildman–Crippen MR) is 93.8 cm³/mol. The highest BCUT2D eigenvalue weighted by Gasteiger charge is 2.18. The van der Waals surface area contributed by atoms with E-state index in [4.69, 9.17) is 16.3 Å². The molecule has 4 nitrogen and oxygen atoms in total. The van der Waals surface area contributed by atoms with Crippen LogP contribution in [0.2, 0.25) is 5.02 Å². The Labute approximate surface area is 151 Å². The third-order valence-corrected chi connectivity index (χ3v) is 3.81. The van der Waals surface area contributed by atoms with Gasteiger partial charge in [0.05, 0.1) is 13.0 Å². The predicted octanol–water partition coefficient (Wildman–Crippen LogP) is 4.07. The Bertz CT molecular complexity index is 716. The molecule has 0 fully saturated rings. The van der Waals surface area contributed by atoms with Crippen molar-refractivity contribution in [2.45, 2.75) is 19.9 Å². The van der Waals surface area contributed by atoms with Gasteiger partial charge in [-0.25, -0.2) is 4.39 Å². The summed E-state index contributed by atoms with van der Waals surface area (Å²) in [5, 5.41) is 0.603. The molecular weight excluding hydrogens is 345 g/mol. The van der Waals surface area contributed by atoms with E-state index in [0.717, 1.165) is 5.56 Å². The molecule has 1 amide bonds.